The Kier molecular flexibility index (Phi) is 5.34. The van der Waals surface area contributed by atoms with Crippen LogP contribution in [0.1, 0.15) is 6.42 Å². The molecule has 12 nitrogen and oxygen atoms in total. The van der Waals surface area contributed by atoms with Crippen LogP contribution in [0.2, 0.25) is 0 Å². The third-order valence-electron chi connectivity index (χ3n) is 3.86. The van der Waals surface area contributed by atoms with E-state index in [-0.39, 0.29) is 19.5 Å². The molecular formula is C11H18N6O6. The largest absolute Gasteiger partial charge is 0.441 e. The molecule has 1 heterocycles. The SMILES string of the molecule is [N-]=[N+]=NCC1(CNC(=O)OC2[C@H](O)CC(CO)[C@@H](O)[C@@H]2O)N=N1. The summed E-state index contributed by atoms with van der Waals surface area (Å²) in [6.45, 7) is -0.514. The molecule has 2 aliphatic rings. The summed E-state index contributed by atoms with van der Waals surface area (Å²) >= 11 is 0. The molecule has 5 atom stereocenters. The molecule has 1 fully saturated rings. The minimum absolute atomic E-state index is 0.0157. The van der Waals surface area contributed by atoms with E-state index in [1.165, 1.54) is 0 Å². The average molecular weight is 330 g/mol. The van der Waals surface area contributed by atoms with Crippen molar-refractivity contribution in [2.45, 2.75) is 36.5 Å². The van der Waals surface area contributed by atoms with Crippen molar-refractivity contribution in [1.29, 1.82) is 0 Å². The number of nitrogens with one attached hydrogen (secondary N) is 1. The molecule has 128 valence electrons. The molecule has 0 spiro atoms. The summed E-state index contributed by atoms with van der Waals surface area (Å²) in [6, 6.07) is 0. The van der Waals surface area contributed by atoms with Gasteiger partial charge in [0.25, 0.3) is 0 Å². The summed E-state index contributed by atoms with van der Waals surface area (Å²) in [5.74, 6) is -0.695. The van der Waals surface area contributed by atoms with E-state index < -0.39 is 48.7 Å². The van der Waals surface area contributed by atoms with Gasteiger partial charge in [0.2, 0.25) is 5.66 Å². The Morgan fingerprint density at radius 1 is 1.39 bits per heavy atom. The van der Waals surface area contributed by atoms with E-state index in [2.05, 4.69) is 25.6 Å². The number of alkyl carbamates (subject to hydrolysis) is 1. The van der Waals surface area contributed by atoms with Gasteiger partial charge in [-0.3, -0.25) is 0 Å². The molecule has 2 unspecified atom stereocenters. The predicted octanol–water partition coefficient (Wildman–Crippen LogP) is -1.35. The van der Waals surface area contributed by atoms with E-state index in [1.54, 1.807) is 0 Å². The molecule has 0 aromatic carbocycles. The molecule has 12 heteroatoms. The van der Waals surface area contributed by atoms with Crippen LogP contribution in [0.4, 0.5) is 4.79 Å². The number of aliphatic hydroxyl groups is 4. The first-order valence-electron chi connectivity index (χ1n) is 6.97. The second-order valence-electron chi connectivity index (χ2n) is 5.52. The maximum Gasteiger partial charge on any atom is 0.407 e. The Morgan fingerprint density at radius 3 is 2.65 bits per heavy atom. The number of azide groups is 1. The van der Waals surface area contributed by atoms with Crippen molar-refractivity contribution in [3.05, 3.63) is 10.4 Å². The number of amides is 1. The Bertz CT molecular complexity index is 517. The maximum atomic E-state index is 11.7. The average Bonchev–Trinajstić information content (AvgIpc) is 3.31. The molecule has 5 N–H and O–H groups in total. The number of aliphatic hydroxyl groups excluding tert-OH is 4. The number of rotatable bonds is 6. The monoisotopic (exact) mass is 330 g/mol. The van der Waals surface area contributed by atoms with Crippen molar-refractivity contribution < 1.29 is 30.0 Å². The molecule has 0 aromatic heterocycles. The van der Waals surface area contributed by atoms with Gasteiger partial charge in [0.15, 0.2) is 6.10 Å². The summed E-state index contributed by atoms with van der Waals surface area (Å²) in [4.78, 5) is 14.3. The second-order valence-corrected chi connectivity index (χ2v) is 5.52. The topological polar surface area (TPSA) is 193 Å². The second kappa shape index (κ2) is 7.06. The van der Waals surface area contributed by atoms with Gasteiger partial charge in [-0.15, -0.1) is 0 Å². The van der Waals surface area contributed by atoms with E-state index in [0.29, 0.717) is 0 Å². The maximum absolute atomic E-state index is 11.7. The minimum Gasteiger partial charge on any atom is -0.441 e. The lowest BCUT2D eigenvalue weighted by Crippen LogP contribution is -2.56. The zero-order chi connectivity index (χ0) is 17.0. The Morgan fingerprint density at radius 2 is 2.09 bits per heavy atom. The predicted molar refractivity (Wildman–Crippen MR) is 73.1 cm³/mol. The lowest BCUT2D eigenvalue weighted by atomic mass is 9.81. The van der Waals surface area contributed by atoms with Crippen molar-refractivity contribution in [2.75, 3.05) is 19.7 Å². The van der Waals surface area contributed by atoms with Gasteiger partial charge in [-0.1, -0.05) is 5.11 Å². The standard InChI is InChI=1S/C11H18N6O6/c12-17-14-4-11(15-16-11)3-13-10(22)23-9-6(19)1-5(2-18)7(20)8(9)21/h5-9,18-21H,1-4H2,(H,13,22)/t5?,6-,7-,8+,9?/m1/s1. The van der Waals surface area contributed by atoms with Crippen molar-refractivity contribution in [2.24, 2.45) is 21.3 Å². The van der Waals surface area contributed by atoms with Gasteiger partial charge in [0.1, 0.15) is 6.10 Å². The first kappa shape index (κ1) is 17.4. The molecule has 23 heavy (non-hydrogen) atoms. The number of hydrogen-bond acceptors (Lipinski definition) is 9. The minimum atomic E-state index is -1.52. The molecule has 0 radical (unpaired) electrons. The number of carbonyl (C=O) groups excluding carboxylic acids is 1. The highest BCUT2D eigenvalue weighted by molar-refractivity contribution is 5.67. The van der Waals surface area contributed by atoms with Crippen LogP contribution in [0.3, 0.4) is 0 Å². The number of nitrogens with zero attached hydrogens (tertiary/aromatic N) is 5. The van der Waals surface area contributed by atoms with Gasteiger partial charge in [-0.25, -0.2) is 4.79 Å². The third kappa shape index (κ3) is 4.06. The van der Waals surface area contributed by atoms with Crippen LogP contribution < -0.4 is 5.32 Å². The van der Waals surface area contributed by atoms with E-state index >= 15 is 0 Å². The van der Waals surface area contributed by atoms with E-state index in [4.69, 9.17) is 15.4 Å². The Balaban J connectivity index is 1.84. The molecule has 1 amide bonds. The van der Waals surface area contributed by atoms with Crippen molar-refractivity contribution >= 4 is 6.09 Å². The first-order chi connectivity index (χ1) is 10.9. The molecule has 1 aliphatic carbocycles. The fourth-order valence-electron chi connectivity index (χ4n) is 2.40. The van der Waals surface area contributed by atoms with E-state index in [1.807, 2.05) is 0 Å². The molecule has 0 saturated heterocycles. The lowest BCUT2D eigenvalue weighted by Gasteiger charge is -2.39. The fraction of sp³-hybridized carbons (Fsp3) is 0.909. The van der Waals surface area contributed by atoms with Crippen molar-refractivity contribution in [3.63, 3.8) is 0 Å². The van der Waals surface area contributed by atoms with Gasteiger partial charge in [-0.05, 0) is 12.0 Å². The van der Waals surface area contributed by atoms with Crippen LogP contribution in [0.15, 0.2) is 15.3 Å². The molecule has 2 rings (SSSR count). The fourth-order valence-corrected chi connectivity index (χ4v) is 2.40. The zero-order valence-electron chi connectivity index (χ0n) is 12.1. The highest BCUT2D eigenvalue weighted by Crippen LogP contribution is 2.29. The highest BCUT2D eigenvalue weighted by Gasteiger charge is 2.45. The van der Waals surface area contributed by atoms with Crippen molar-refractivity contribution in [3.8, 4) is 0 Å². The van der Waals surface area contributed by atoms with E-state index in [9.17, 15) is 20.1 Å². The van der Waals surface area contributed by atoms with Crippen molar-refractivity contribution in [1.82, 2.24) is 5.32 Å². The summed E-state index contributed by atoms with van der Waals surface area (Å²) in [5, 5.41) is 51.6. The zero-order valence-corrected chi connectivity index (χ0v) is 12.1. The molecule has 0 bridgehead atoms. The number of ether oxygens (including phenoxy) is 1. The summed E-state index contributed by atoms with van der Waals surface area (Å²) in [5.41, 5.74) is 7.25. The highest BCUT2D eigenvalue weighted by atomic mass is 16.6. The molecule has 1 aliphatic heterocycles. The van der Waals surface area contributed by atoms with Crippen LogP contribution in [-0.4, -0.2) is 76.3 Å². The number of hydrogen-bond donors (Lipinski definition) is 5. The van der Waals surface area contributed by atoms with Gasteiger partial charge in [0.05, 0.1) is 25.3 Å². The van der Waals surface area contributed by atoms with E-state index in [0.717, 1.165) is 0 Å². The van der Waals surface area contributed by atoms with Gasteiger partial charge in [0, 0.05) is 17.4 Å². The quantitative estimate of drug-likeness (QED) is 0.227. The van der Waals surface area contributed by atoms with Crippen LogP contribution in [0.25, 0.3) is 10.4 Å². The smallest absolute Gasteiger partial charge is 0.407 e. The summed E-state index contributed by atoms with van der Waals surface area (Å²) in [7, 11) is 0. The summed E-state index contributed by atoms with van der Waals surface area (Å²) < 4.78 is 4.93. The molecular weight excluding hydrogens is 312 g/mol. The van der Waals surface area contributed by atoms with Crippen LogP contribution in [-0.2, 0) is 4.74 Å². The first-order valence-corrected chi connectivity index (χ1v) is 6.97. The van der Waals surface area contributed by atoms with Gasteiger partial charge >= 0.3 is 6.09 Å². The van der Waals surface area contributed by atoms with Crippen LogP contribution in [0.5, 0.6) is 0 Å². The Labute approximate surface area is 130 Å². The summed E-state index contributed by atoms with van der Waals surface area (Å²) in [6.07, 6.45) is -6.34. The van der Waals surface area contributed by atoms with Crippen LogP contribution in [0, 0.1) is 5.92 Å². The van der Waals surface area contributed by atoms with Gasteiger partial charge < -0.3 is 30.5 Å². The Hall–Kier alpha value is -1.98. The number of carbonyl (C=O) groups is 1. The van der Waals surface area contributed by atoms with Gasteiger partial charge in [-0.2, -0.15) is 10.2 Å². The molecule has 1 saturated carbocycles. The third-order valence-corrected chi connectivity index (χ3v) is 3.86. The lowest BCUT2D eigenvalue weighted by molar-refractivity contribution is -0.163. The molecule has 0 aromatic rings. The normalized spacial score (nSPS) is 34.3. The van der Waals surface area contributed by atoms with Crippen LogP contribution >= 0.6 is 0 Å².